The maximum Gasteiger partial charge on any atom is 0.407 e. The zero-order valence-corrected chi connectivity index (χ0v) is 17.3. The highest BCUT2D eigenvalue weighted by atomic mass is 127. The Labute approximate surface area is 162 Å². The topological polar surface area (TPSA) is 63.2 Å². The highest BCUT2D eigenvalue weighted by Gasteiger charge is 2.23. The molecule has 2 N–H and O–H groups in total. The number of carbonyl (C=O) groups is 1. The van der Waals surface area contributed by atoms with Crippen LogP contribution >= 0.6 is 34.2 Å². The Morgan fingerprint density at radius 3 is 2.62 bits per heavy atom. The summed E-state index contributed by atoms with van der Waals surface area (Å²) >= 11 is 8.21. The number of amides is 1. The maximum atomic E-state index is 11.7. The third-order valence-electron chi connectivity index (χ3n) is 3.94. The molecule has 0 aromatic carbocycles. The molecule has 0 saturated heterocycles. The van der Waals surface area contributed by atoms with Gasteiger partial charge in [-0.2, -0.15) is 0 Å². The van der Waals surface area contributed by atoms with Crippen molar-refractivity contribution in [1.29, 1.82) is 0 Å². The Bertz CT molecular complexity index is 569. The number of pyridine rings is 1. The number of carbonyl (C=O) groups excluding carboxylic acids is 1. The van der Waals surface area contributed by atoms with E-state index in [1.807, 2.05) is 26.8 Å². The molecule has 1 aliphatic rings. The number of halogens is 2. The lowest BCUT2D eigenvalue weighted by Crippen LogP contribution is -2.37. The quantitative estimate of drug-likeness (QED) is 0.625. The predicted octanol–water partition coefficient (Wildman–Crippen LogP) is 4.84. The summed E-state index contributed by atoms with van der Waals surface area (Å²) in [5.74, 6) is 1.38. The van der Waals surface area contributed by atoms with Crippen LogP contribution in [0.5, 0.6) is 0 Å². The molecule has 7 heteroatoms. The summed E-state index contributed by atoms with van der Waals surface area (Å²) in [5, 5.41) is 7.04. The molecule has 1 aromatic rings. The number of alkyl carbamates (subject to hydrolysis) is 1. The van der Waals surface area contributed by atoms with E-state index < -0.39 is 5.60 Å². The van der Waals surface area contributed by atoms with Gasteiger partial charge in [0.2, 0.25) is 0 Å². The molecule has 24 heavy (non-hydrogen) atoms. The highest BCUT2D eigenvalue weighted by Crippen LogP contribution is 2.27. The normalized spacial score (nSPS) is 21.2. The molecule has 0 atom stereocenters. The zero-order valence-electron chi connectivity index (χ0n) is 14.4. The van der Waals surface area contributed by atoms with Crippen LogP contribution in [0.25, 0.3) is 0 Å². The van der Waals surface area contributed by atoms with Crippen LogP contribution < -0.4 is 10.6 Å². The van der Waals surface area contributed by atoms with Crippen LogP contribution in [0.3, 0.4) is 0 Å². The van der Waals surface area contributed by atoms with Gasteiger partial charge in [0.15, 0.2) is 0 Å². The fourth-order valence-corrected chi connectivity index (χ4v) is 3.29. The molecule has 0 aliphatic heterocycles. The second-order valence-electron chi connectivity index (χ2n) is 7.23. The van der Waals surface area contributed by atoms with E-state index in [1.54, 1.807) is 6.20 Å². The number of rotatable bonds is 4. The van der Waals surface area contributed by atoms with Crippen LogP contribution in [0.1, 0.15) is 46.5 Å². The van der Waals surface area contributed by atoms with Crippen LogP contribution in [0.2, 0.25) is 5.02 Å². The Morgan fingerprint density at radius 2 is 2.04 bits per heavy atom. The number of hydrogen-bond acceptors (Lipinski definition) is 4. The molecule has 1 amide bonds. The number of aromatic nitrogens is 1. The smallest absolute Gasteiger partial charge is 0.407 e. The van der Waals surface area contributed by atoms with Crippen molar-refractivity contribution in [2.75, 3.05) is 11.9 Å². The zero-order chi connectivity index (χ0) is 17.7. The Balaban J connectivity index is 1.71. The minimum atomic E-state index is -0.450. The Kier molecular flexibility index (Phi) is 6.98. The fourth-order valence-electron chi connectivity index (χ4n) is 2.75. The van der Waals surface area contributed by atoms with Gasteiger partial charge in [0, 0.05) is 22.4 Å². The van der Waals surface area contributed by atoms with Crippen LogP contribution in [-0.2, 0) is 4.74 Å². The van der Waals surface area contributed by atoms with Gasteiger partial charge in [-0.3, -0.25) is 0 Å². The summed E-state index contributed by atoms with van der Waals surface area (Å²) in [6.45, 7) is 6.29. The maximum absolute atomic E-state index is 11.7. The third kappa shape index (κ3) is 6.63. The first-order valence-electron chi connectivity index (χ1n) is 8.27. The van der Waals surface area contributed by atoms with Crippen molar-refractivity contribution in [3.8, 4) is 0 Å². The largest absolute Gasteiger partial charge is 0.444 e. The molecule has 0 spiro atoms. The summed E-state index contributed by atoms with van der Waals surface area (Å²) in [6.07, 6.45) is 5.66. The first-order chi connectivity index (χ1) is 11.2. The molecule has 1 fully saturated rings. The van der Waals surface area contributed by atoms with E-state index in [2.05, 4.69) is 38.2 Å². The SMILES string of the molecule is CC(C)(C)OC(=O)NCC1CCC(Nc2cc(I)c(Cl)cn2)CC1. The molecule has 0 unspecified atom stereocenters. The molecule has 5 nitrogen and oxygen atoms in total. The van der Waals surface area contributed by atoms with Crippen molar-refractivity contribution < 1.29 is 9.53 Å². The minimum Gasteiger partial charge on any atom is -0.444 e. The lowest BCUT2D eigenvalue weighted by Gasteiger charge is -2.30. The minimum absolute atomic E-state index is 0.331. The van der Waals surface area contributed by atoms with E-state index in [0.717, 1.165) is 35.1 Å². The van der Waals surface area contributed by atoms with E-state index in [1.165, 1.54) is 0 Å². The van der Waals surface area contributed by atoms with Gasteiger partial charge in [0.05, 0.1) is 5.02 Å². The van der Waals surface area contributed by atoms with Gasteiger partial charge in [-0.15, -0.1) is 0 Å². The van der Waals surface area contributed by atoms with E-state index in [0.29, 0.717) is 23.5 Å². The number of nitrogens with zero attached hydrogens (tertiary/aromatic N) is 1. The average Bonchev–Trinajstić information content (AvgIpc) is 2.49. The monoisotopic (exact) mass is 465 g/mol. The average molecular weight is 466 g/mol. The van der Waals surface area contributed by atoms with Gasteiger partial charge in [0.25, 0.3) is 0 Å². The Morgan fingerprint density at radius 1 is 1.38 bits per heavy atom. The van der Waals surface area contributed by atoms with Gasteiger partial charge >= 0.3 is 6.09 Å². The van der Waals surface area contributed by atoms with E-state index in [4.69, 9.17) is 16.3 Å². The molecular formula is C17H25ClIN3O2. The van der Waals surface area contributed by atoms with Crippen LogP contribution in [0, 0.1) is 9.49 Å². The van der Waals surface area contributed by atoms with Crippen LogP contribution in [0.4, 0.5) is 10.6 Å². The first-order valence-corrected chi connectivity index (χ1v) is 9.73. The van der Waals surface area contributed by atoms with E-state index >= 15 is 0 Å². The molecule has 1 heterocycles. The first kappa shape index (κ1) is 19.6. The molecule has 0 bridgehead atoms. The predicted molar refractivity (Wildman–Crippen MR) is 106 cm³/mol. The highest BCUT2D eigenvalue weighted by molar-refractivity contribution is 14.1. The lowest BCUT2D eigenvalue weighted by atomic mass is 9.86. The number of ether oxygens (including phenoxy) is 1. The molecule has 0 radical (unpaired) electrons. The van der Waals surface area contributed by atoms with Crippen LogP contribution in [-0.4, -0.2) is 29.3 Å². The lowest BCUT2D eigenvalue weighted by molar-refractivity contribution is 0.0515. The molecular weight excluding hydrogens is 441 g/mol. The van der Waals surface area contributed by atoms with Gasteiger partial charge in [0.1, 0.15) is 11.4 Å². The third-order valence-corrected chi connectivity index (χ3v) is 5.45. The standard InChI is InChI=1S/C17H25ClIN3O2/c1-17(2,3)24-16(23)21-9-11-4-6-12(7-5-11)22-15-8-14(19)13(18)10-20-15/h8,10-12H,4-7,9H2,1-3H3,(H,20,22)(H,21,23). The summed E-state index contributed by atoms with van der Waals surface area (Å²) in [5.41, 5.74) is -0.450. The summed E-state index contributed by atoms with van der Waals surface area (Å²) in [6, 6.07) is 2.39. The molecule has 2 rings (SSSR count). The van der Waals surface area contributed by atoms with E-state index in [-0.39, 0.29) is 6.09 Å². The van der Waals surface area contributed by atoms with Crippen molar-refractivity contribution in [2.24, 2.45) is 5.92 Å². The van der Waals surface area contributed by atoms with Crippen molar-refractivity contribution in [3.63, 3.8) is 0 Å². The Hall–Kier alpha value is -0.760. The van der Waals surface area contributed by atoms with Gasteiger partial charge in [-0.1, -0.05) is 11.6 Å². The van der Waals surface area contributed by atoms with Gasteiger partial charge in [-0.05, 0) is 81.0 Å². The van der Waals surface area contributed by atoms with Gasteiger partial charge in [-0.25, -0.2) is 9.78 Å². The number of anilines is 1. The second-order valence-corrected chi connectivity index (χ2v) is 8.80. The molecule has 1 aromatic heterocycles. The molecule has 1 aliphatic carbocycles. The number of hydrogen-bond donors (Lipinski definition) is 2. The van der Waals surface area contributed by atoms with E-state index in [9.17, 15) is 4.79 Å². The van der Waals surface area contributed by atoms with Crippen molar-refractivity contribution >= 4 is 46.1 Å². The second kappa shape index (κ2) is 8.56. The number of nitrogens with one attached hydrogen (secondary N) is 2. The fraction of sp³-hybridized carbons (Fsp3) is 0.647. The van der Waals surface area contributed by atoms with Crippen LogP contribution in [0.15, 0.2) is 12.3 Å². The molecule has 1 saturated carbocycles. The van der Waals surface area contributed by atoms with Crippen molar-refractivity contribution in [1.82, 2.24) is 10.3 Å². The molecule has 134 valence electrons. The summed E-state index contributed by atoms with van der Waals surface area (Å²) in [4.78, 5) is 16.0. The van der Waals surface area contributed by atoms with Crippen molar-refractivity contribution in [3.05, 3.63) is 20.9 Å². The summed E-state index contributed by atoms with van der Waals surface area (Å²) in [7, 11) is 0. The summed E-state index contributed by atoms with van der Waals surface area (Å²) < 4.78 is 6.27. The van der Waals surface area contributed by atoms with Gasteiger partial charge < -0.3 is 15.4 Å². The van der Waals surface area contributed by atoms with Crippen molar-refractivity contribution in [2.45, 2.75) is 58.1 Å².